The second-order valence-corrected chi connectivity index (χ2v) is 7.30. The molecule has 126 valence electrons. The van der Waals surface area contributed by atoms with Gasteiger partial charge in [-0.2, -0.15) is 0 Å². The normalized spacial score (nSPS) is 15.4. The van der Waals surface area contributed by atoms with E-state index in [1.807, 2.05) is 24.3 Å². The first-order valence-electron chi connectivity index (χ1n) is 8.15. The lowest BCUT2D eigenvalue weighted by Gasteiger charge is -2.34. The molecule has 4 rings (SSSR count). The molecule has 0 unspecified atom stereocenters. The fourth-order valence-electron chi connectivity index (χ4n) is 3.19. The molecule has 0 bridgehead atoms. The molecule has 1 aliphatic rings. The van der Waals surface area contributed by atoms with Crippen LogP contribution >= 0.6 is 22.9 Å². The Kier molecular flexibility index (Phi) is 4.58. The van der Waals surface area contributed by atoms with Crippen molar-refractivity contribution in [1.82, 2.24) is 14.9 Å². The van der Waals surface area contributed by atoms with Gasteiger partial charge >= 0.3 is 0 Å². The Morgan fingerprint density at radius 3 is 2.60 bits per heavy atom. The highest BCUT2D eigenvalue weighted by molar-refractivity contribution is 7.17. The van der Waals surface area contributed by atoms with Gasteiger partial charge in [-0.05, 0) is 17.7 Å². The highest BCUT2D eigenvalue weighted by Gasteiger charge is 2.22. The number of nitrogens with zero attached hydrogens (tertiary/aromatic N) is 4. The van der Waals surface area contributed by atoms with Crippen molar-refractivity contribution in [1.29, 1.82) is 0 Å². The summed E-state index contributed by atoms with van der Waals surface area (Å²) in [6.07, 6.45) is 7.09. The number of anilines is 1. The van der Waals surface area contributed by atoms with Crippen molar-refractivity contribution < 1.29 is 0 Å². The third-order valence-electron chi connectivity index (χ3n) is 4.49. The summed E-state index contributed by atoms with van der Waals surface area (Å²) in [5.41, 5.74) is 2.30. The number of fused-ring (bicyclic) bond motifs is 1. The van der Waals surface area contributed by atoms with Gasteiger partial charge in [-0.15, -0.1) is 17.8 Å². The van der Waals surface area contributed by atoms with Crippen LogP contribution in [0, 0.1) is 12.3 Å². The van der Waals surface area contributed by atoms with E-state index < -0.39 is 0 Å². The van der Waals surface area contributed by atoms with Crippen molar-refractivity contribution in [3.63, 3.8) is 0 Å². The topological polar surface area (TPSA) is 32.3 Å². The summed E-state index contributed by atoms with van der Waals surface area (Å²) in [6.45, 7) is 4.46. The van der Waals surface area contributed by atoms with Crippen molar-refractivity contribution in [2.45, 2.75) is 0 Å². The first kappa shape index (κ1) is 16.3. The van der Waals surface area contributed by atoms with E-state index in [1.54, 1.807) is 17.7 Å². The predicted octanol–water partition coefficient (Wildman–Crippen LogP) is 3.77. The van der Waals surface area contributed by atoms with Crippen molar-refractivity contribution in [2.24, 2.45) is 0 Å². The van der Waals surface area contributed by atoms with E-state index in [0.29, 0.717) is 6.54 Å². The number of hydrogen-bond acceptors (Lipinski definition) is 5. The van der Waals surface area contributed by atoms with Crippen LogP contribution in [0.15, 0.2) is 36.0 Å². The fourth-order valence-corrected chi connectivity index (χ4v) is 4.22. The van der Waals surface area contributed by atoms with Crippen LogP contribution in [0.3, 0.4) is 0 Å². The average molecular weight is 369 g/mol. The van der Waals surface area contributed by atoms with Crippen molar-refractivity contribution in [3.8, 4) is 23.5 Å². The molecule has 2 aromatic heterocycles. The summed E-state index contributed by atoms with van der Waals surface area (Å²) in [7, 11) is 0. The molecular formula is C19H17ClN4S. The molecule has 0 N–H and O–H groups in total. The SMILES string of the molecule is C#CCN1CCN(c2ncnc3scc(-c4ccc(Cl)cc4)c23)CC1. The molecule has 4 nitrogen and oxygen atoms in total. The highest BCUT2D eigenvalue weighted by Crippen LogP contribution is 2.38. The van der Waals surface area contributed by atoms with Gasteiger partial charge in [0, 0.05) is 42.1 Å². The molecule has 6 heteroatoms. The number of halogens is 1. The van der Waals surface area contributed by atoms with E-state index in [4.69, 9.17) is 18.0 Å². The molecule has 0 spiro atoms. The highest BCUT2D eigenvalue weighted by atomic mass is 35.5. The van der Waals surface area contributed by atoms with Gasteiger partial charge < -0.3 is 4.90 Å². The quantitative estimate of drug-likeness (QED) is 0.659. The van der Waals surface area contributed by atoms with E-state index >= 15 is 0 Å². The zero-order valence-electron chi connectivity index (χ0n) is 13.7. The summed E-state index contributed by atoms with van der Waals surface area (Å²) in [4.78, 5) is 14.7. The first-order chi connectivity index (χ1) is 12.3. The number of piperazine rings is 1. The van der Waals surface area contributed by atoms with Crippen LogP contribution in [0.5, 0.6) is 0 Å². The molecule has 1 aliphatic heterocycles. The number of thiophene rings is 1. The minimum absolute atomic E-state index is 0.710. The Morgan fingerprint density at radius 2 is 1.88 bits per heavy atom. The summed E-state index contributed by atoms with van der Waals surface area (Å²) in [5.74, 6) is 3.74. The van der Waals surface area contributed by atoms with Crippen LogP contribution in [-0.2, 0) is 0 Å². The van der Waals surface area contributed by atoms with Crippen molar-refractivity contribution >= 4 is 39.0 Å². The number of benzene rings is 1. The lowest BCUT2D eigenvalue weighted by atomic mass is 10.1. The van der Waals surface area contributed by atoms with Crippen LogP contribution in [-0.4, -0.2) is 47.6 Å². The minimum atomic E-state index is 0.710. The Hall–Kier alpha value is -2.13. The molecule has 1 fully saturated rings. The molecule has 0 aliphatic carbocycles. The molecule has 0 radical (unpaired) electrons. The van der Waals surface area contributed by atoms with E-state index in [1.165, 1.54) is 5.56 Å². The van der Waals surface area contributed by atoms with E-state index in [-0.39, 0.29) is 0 Å². The van der Waals surface area contributed by atoms with Crippen molar-refractivity contribution in [3.05, 3.63) is 41.0 Å². The molecule has 0 atom stereocenters. The minimum Gasteiger partial charge on any atom is -0.353 e. The smallest absolute Gasteiger partial charge is 0.141 e. The Balaban J connectivity index is 1.72. The molecule has 3 heterocycles. The Labute approximate surface area is 156 Å². The maximum absolute atomic E-state index is 6.03. The molecule has 1 saturated heterocycles. The fraction of sp³-hybridized carbons (Fsp3) is 0.263. The molecule has 1 aromatic carbocycles. The summed E-state index contributed by atoms with van der Waals surface area (Å²) >= 11 is 7.69. The Bertz CT molecular complexity index is 921. The third-order valence-corrected chi connectivity index (χ3v) is 5.63. The maximum atomic E-state index is 6.03. The zero-order valence-corrected chi connectivity index (χ0v) is 15.2. The summed E-state index contributed by atoms with van der Waals surface area (Å²) in [6, 6.07) is 7.93. The number of aromatic nitrogens is 2. The largest absolute Gasteiger partial charge is 0.353 e. The van der Waals surface area contributed by atoms with Crippen LogP contribution < -0.4 is 4.90 Å². The van der Waals surface area contributed by atoms with Gasteiger partial charge in [0.25, 0.3) is 0 Å². The maximum Gasteiger partial charge on any atom is 0.141 e. The summed E-state index contributed by atoms with van der Waals surface area (Å²) < 4.78 is 0. The first-order valence-corrected chi connectivity index (χ1v) is 9.41. The second kappa shape index (κ2) is 7.01. The van der Waals surface area contributed by atoms with E-state index in [9.17, 15) is 0 Å². The third kappa shape index (κ3) is 3.21. The van der Waals surface area contributed by atoms with Crippen LogP contribution in [0.1, 0.15) is 0 Å². The van der Waals surface area contributed by atoms with Crippen LogP contribution in [0.4, 0.5) is 5.82 Å². The van der Waals surface area contributed by atoms with Crippen molar-refractivity contribution in [2.75, 3.05) is 37.6 Å². The number of rotatable bonds is 3. The average Bonchev–Trinajstić information content (AvgIpc) is 3.08. The van der Waals surface area contributed by atoms with Gasteiger partial charge in [-0.3, -0.25) is 4.90 Å². The molecule has 25 heavy (non-hydrogen) atoms. The van der Waals surface area contributed by atoms with Gasteiger partial charge in [0.05, 0.1) is 11.9 Å². The molecular weight excluding hydrogens is 352 g/mol. The number of terminal acetylenes is 1. The molecule has 0 amide bonds. The van der Waals surface area contributed by atoms with E-state index in [2.05, 4.69) is 31.1 Å². The van der Waals surface area contributed by atoms with Gasteiger partial charge in [0.2, 0.25) is 0 Å². The van der Waals surface area contributed by atoms with Gasteiger partial charge in [0.1, 0.15) is 17.0 Å². The molecule has 0 saturated carbocycles. The zero-order chi connectivity index (χ0) is 17.2. The van der Waals surface area contributed by atoms with Gasteiger partial charge in [-0.25, -0.2) is 9.97 Å². The predicted molar refractivity (Wildman–Crippen MR) is 105 cm³/mol. The lowest BCUT2D eigenvalue weighted by molar-refractivity contribution is 0.287. The number of hydrogen-bond donors (Lipinski definition) is 0. The lowest BCUT2D eigenvalue weighted by Crippen LogP contribution is -2.46. The monoisotopic (exact) mass is 368 g/mol. The second-order valence-electron chi connectivity index (χ2n) is 6.00. The standard InChI is InChI=1S/C19H17ClN4S/c1-2-7-23-8-10-24(11-9-23)18-17-16(12-25-19(17)22-13-21-18)14-3-5-15(20)6-4-14/h1,3-6,12-13H,7-11H2. The van der Waals surface area contributed by atoms with Gasteiger partial charge in [-0.1, -0.05) is 29.7 Å². The van der Waals surface area contributed by atoms with Crippen LogP contribution in [0.2, 0.25) is 5.02 Å². The molecule has 3 aromatic rings. The van der Waals surface area contributed by atoms with E-state index in [0.717, 1.165) is 52.8 Å². The van der Waals surface area contributed by atoms with Gasteiger partial charge in [0.15, 0.2) is 0 Å². The summed E-state index contributed by atoms with van der Waals surface area (Å²) in [5, 5.41) is 4.02. The Morgan fingerprint density at radius 1 is 1.12 bits per heavy atom. The van der Waals surface area contributed by atoms with Crippen LogP contribution in [0.25, 0.3) is 21.3 Å².